The molecule has 0 amide bonds. The Labute approximate surface area is 133 Å². The lowest BCUT2D eigenvalue weighted by molar-refractivity contribution is 0.0986. The summed E-state index contributed by atoms with van der Waals surface area (Å²) < 4.78 is 0.966. The normalized spacial score (nSPS) is 14.5. The van der Waals surface area contributed by atoms with Crippen molar-refractivity contribution in [1.29, 1.82) is 0 Å². The van der Waals surface area contributed by atoms with Crippen molar-refractivity contribution >= 4 is 27.5 Å². The minimum atomic E-state index is 0. The van der Waals surface area contributed by atoms with E-state index in [0.29, 0.717) is 12.8 Å². The molecule has 0 aromatic carbocycles. The van der Waals surface area contributed by atoms with Crippen LogP contribution in [0.5, 0.6) is 0 Å². The Morgan fingerprint density at radius 1 is 0.857 bits per heavy atom. The molecule has 4 rings (SSSR count). The van der Waals surface area contributed by atoms with Gasteiger partial charge in [-0.2, -0.15) is 0 Å². The van der Waals surface area contributed by atoms with Gasteiger partial charge in [0.15, 0.2) is 11.6 Å². The highest BCUT2D eigenvalue weighted by atomic mass is 79.9. The van der Waals surface area contributed by atoms with Gasteiger partial charge in [-0.25, -0.2) is 0 Å². The molecule has 0 saturated carbocycles. The van der Waals surface area contributed by atoms with Crippen molar-refractivity contribution in [2.45, 2.75) is 40.5 Å². The molecular formula is C16H21BrN2O2. The van der Waals surface area contributed by atoms with Gasteiger partial charge in [0.2, 0.25) is 0 Å². The molecule has 0 unspecified atom stereocenters. The fourth-order valence-corrected chi connectivity index (χ4v) is 3.07. The highest BCUT2D eigenvalue weighted by Crippen LogP contribution is 2.28. The van der Waals surface area contributed by atoms with Gasteiger partial charge >= 0.3 is 0 Å². The maximum absolute atomic E-state index is 11.0. The van der Waals surface area contributed by atoms with Crippen LogP contribution in [0.15, 0.2) is 23.2 Å². The number of rotatable bonds is 0. The van der Waals surface area contributed by atoms with Crippen LogP contribution in [0.3, 0.4) is 0 Å². The molecular weight excluding hydrogens is 332 g/mol. The number of halogens is 1. The molecule has 0 aliphatic heterocycles. The molecule has 2 aromatic rings. The molecule has 5 heteroatoms. The van der Waals surface area contributed by atoms with Crippen molar-refractivity contribution in [3.05, 3.63) is 45.4 Å². The molecule has 2 aromatic heterocycles. The Morgan fingerprint density at radius 2 is 1.52 bits per heavy atom. The van der Waals surface area contributed by atoms with Crippen LogP contribution in [0.2, 0.25) is 0 Å². The fourth-order valence-electron chi connectivity index (χ4n) is 2.54. The highest BCUT2D eigenvalue weighted by molar-refractivity contribution is 9.10. The van der Waals surface area contributed by atoms with E-state index in [4.69, 9.17) is 0 Å². The van der Waals surface area contributed by atoms with E-state index >= 15 is 0 Å². The summed E-state index contributed by atoms with van der Waals surface area (Å²) in [6.45, 7) is 0. The molecule has 0 bridgehead atoms. The smallest absolute Gasteiger partial charge is 0.165 e. The first-order valence-corrected chi connectivity index (χ1v) is 7.04. The largest absolute Gasteiger partial charge is 0.367 e. The number of H-pyrrole nitrogens is 2. The third kappa shape index (κ3) is 3.18. The zero-order valence-corrected chi connectivity index (χ0v) is 11.8. The molecule has 21 heavy (non-hydrogen) atoms. The Balaban J connectivity index is 0.000000192. The molecule has 0 atom stereocenters. The number of aromatic nitrogens is 2. The van der Waals surface area contributed by atoms with E-state index in [-0.39, 0.29) is 26.4 Å². The second-order valence-electron chi connectivity index (χ2n) is 4.74. The average Bonchev–Trinajstić information content (AvgIpc) is 3.10. The molecule has 2 heterocycles. The summed E-state index contributed by atoms with van der Waals surface area (Å²) in [6.07, 6.45) is 8.66. The minimum Gasteiger partial charge on any atom is -0.367 e. The van der Waals surface area contributed by atoms with Gasteiger partial charge < -0.3 is 9.97 Å². The summed E-state index contributed by atoms with van der Waals surface area (Å²) in [4.78, 5) is 27.8. The molecule has 4 nitrogen and oxygen atoms in total. The Kier molecular flexibility index (Phi) is 5.72. The maximum Gasteiger partial charge on any atom is 0.165 e. The molecule has 0 saturated heterocycles. The number of fused-ring (bicyclic) bond motifs is 2. The first kappa shape index (κ1) is 17.4. The number of ketones is 2. The van der Waals surface area contributed by atoms with Crippen LogP contribution in [0, 0.1) is 0 Å². The van der Waals surface area contributed by atoms with Gasteiger partial charge in [-0.3, -0.25) is 9.59 Å². The number of aryl methyl sites for hydroxylation is 1. The van der Waals surface area contributed by atoms with E-state index in [1.807, 2.05) is 6.20 Å². The monoisotopic (exact) mass is 352 g/mol. The number of nitrogens with one attached hydrogen (secondary N) is 2. The first-order valence-electron chi connectivity index (χ1n) is 6.24. The van der Waals surface area contributed by atoms with Crippen molar-refractivity contribution in [2.75, 3.05) is 0 Å². The summed E-state index contributed by atoms with van der Waals surface area (Å²) in [6, 6.07) is 0. The molecule has 114 valence electrons. The number of aromatic amines is 2. The van der Waals surface area contributed by atoms with Gasteiger partial charge in [0.1, 0.15) is 0 Å². The van der Waals surface area contributed by atoms with Crippen LogP contribution >= 0.6 is 15.9 Å². The van der Waals surface area contributed by atoms with Gasteiger partial charge in [0, 0.05) is 42.6 Å². The van der Waals surface area contributed by atoms with Crippen molar-refractivity contribution in [2.24, 2.45) is 0 Å². The van der Waals surface area contributed by atoms with Crippen LogP contribution in [0.4, 0.5) is 0 Å². The molecule has 2 aliphatic rings. The lowest BCUT2D eigenvalue weighted by Gasteiger charge is -1.85. The third-order valence-electron chi connectivity index (χ3n) is 3.59. The van der Waals surface area contributed by atoms with Gasteiger partial charge in [0.25, 0.3) is 0 Å². The van der Waals surface area contributed by atoms with Crippen molar-refractivity contribution in [3.63, 3.8) is 0 Å². The number of carbonyl (C=O) groups excluding carboxylic acids is 2. The average molecular weight is 353 g/mol. The number of carbonyl (C=O) groups is 2. The SMILES string of the molecule is C.C.O=C1CCc2c1c[nH]c2Br.O=C1CCc2c[nH]cc21. The predicted molar refractivity (Wildman–Crippen MR) is 88.1 cm³/mol. The van der Waals surface area contributed by atoms with E-state index in [2.05, 4.69) is 25.9 Å². The number of hydrogen-bond acceptors (Lipinski definition) is 2. The van der Waals surface area contributed by atoms with Gasteiger partial charge in [-0.05, 0) is 39.9 Å². The summed E-state index contributed by atoms with van der Waals surface area (Å²) in [5.41, 5.74) is 4.09. The molecule has 2 N–H and O–H groups in total. The maximum atomic E-state index is 11.0. The van der Waals surface area contributed by atoms with Crippen LogP contribution in [0.1, 0.15) is 59.5 Å². The van der Waals surface area contributed by atoms with Crippen LogP contribution in [-0.2, 0) is 12.8 Å². The minimum absolute atomic E-state index is 0. The van der Waals surface area contributed by atoms with Crippen molar-refractivity contribution in [3.8, 4) is 0 Å². The highest BCUT2D eigenvalue weighted by Gasteiger charge is 2.22. The van der Waals surface area contributed by atoms with Crippen LogP contribution in [0.25, 0.3) is 0 Å². The quantitative estimate of drug-likeness (QED) is 0.741. The van der Waals surface area contributed by atoms with E-state index in [1.165, 1.54) is 5.56 Å². The van der Waals surface area contributed by atoms with Crippen molar-refractivity contribution < 1.29 is 9.59 Å². The van der Waals surface area contributed by atoms with Gasteiger partial charge in [-0.15, -0.1) is 0 Å². The third-order valence-corrected chi connectivity index (χ3v) is 4.30. The Bertz CT molecular complexity index is 655. The van der Waals surface area contributed by atoms with E-state index in [1.54, 1.807) is 12.4 Å². The lowest BCUT2D eigenvalue weighted by Crippen LogP contribution is -1.87. The summed E-state index contributed by atoms with van der Waals surface area (Å²) in [5, 5.41) is 0. The van der Waals surface area contributed by atoms with Gasteiger partial charge in [-0.1, -0.05) is 14.9 Å². The molecule has 0 radical (unpaired) electrons. The molecule has 0 spiro atoms. The van der Waals surface area contributed by atoms with E-state index < -0.39 is 0 Å². The lowest BCUT2D eigenvalue weighted by atomic mass is 10.2. The summed E-state index contributed by atoms with van der Waals surface area (Å²) in [7, 11) is 0. The first-order chi connectivity index (χ1) is 9.16. The topological polar surface area (TPSA) is 65.7 Å². The molecule has 2 aliphatic carbocycles. The van der Waals surface area contributed by atoms with Crippen molar-refractivity contribution in [1.82, 2.24) is 9.97 Å². The summed E-state index contributed by atoms with van der Waals surface area (Å²) in [5.74, 6) is 0.545. The van der Waals surface area contributed by atoms with Crippen LogP contribution in [-0.4, -0.2) is 21.5 Å². The fraction of sp³-hybridized carbons (Fsp3) is 0.375. The Hall–Kier alpha value is -1.62. The second-order valence-corrected chi connectivity index (χ2v) is 5.53. The predicted octanol–water partition coefficient (Wildman–Crippen LogP) is 4.32. The summed E-state index contributed by atoms with van der Waals surface area (Å²) >= 11 is 3.34. The van der Waals surface area contributed by atoms with E-state index in [0.717, 1.165) is 34.1 Å². The standard InChI is InChI=1S/C7H6BrNO.C7H7NO.2CH4/c8-7-4-1-2-6(10)5(4)3-9-7;9-7-2-1-5-3-8-4-6(5)7;;/h3,9H,1-2H2;3-4,8H,1-2H2;2*1H4. The zero-order valence-electron chi connectivity index (χ0n) is 10.3. The second kappa shape index (κ2) is 6.89. The number of Topliss-reactive ketones (excluding diaryl/α,β-unsaturated/α-hetero) is 2. The van der Waals surface area contributed by atoms with E-state index in [9.17, 15) is 9.59 Å². The zero-order chi connectivity index (χ0) is 13.4. The number of hydrogen-bond donors (Lipinski definition) is 2. The molecule has 0 fully saturated rings. The van der Waals surface area contributed by atoms with Gasteiger partial charge in [0.05, 0.1) is 4.60 Å². The Morgan fingerprint density at radius 3 is 2.19 bits per heavy atom. The van der Waals surface area contributed by atoms with Crippen LogP contribution < -0.4 is 0 Å².